The Kier molecular flexibility index (Phi) is 2.64. The first-order chi connectivity index (χ1) is 10.2. The molecule has 2 fully saturated rings. The summed E-state index contributed by atoms with van der Waals surface area (Å²) in [7, 11) is 0. The number of halogens is 1. The maximum atomic E-state index is 12.9. The number of nitrogens with zero attached hydrogens (tertiary/aromatic N) is 4. The van der Waals surface area contributed by atoms with Crippen LogP contribution in [0.2, 0.25) is 0 Å². The number of carbonyl (C=O) groups excluding carboxylic acids is 1. The lowest BCUT2D eigenvalue weighted by Crippen LogP contribution is -2.35. The van der Waals surface area contributed by atoms with Crippen LogP contribution < -0.4 is 4.90 Å². The zero-order valence-corrected chi connectivity index (χ0v) is 12.9. The minimum Gasteiger partial charge on any atom is -0.309 e. The molecule has 5 nitrogen and oxygen atoms in total. The molecule has 1 aliphatic carbocycles. The van der Waals surface area contributed by atoms with Crippen molar-refractivity contribution in [1.82, 2.24) is 9.61 Å². The van der Waals surface area contributed by atoms with Crippen molar-refractivity contribution < 1.29 is 4.79 Å². The average molecular weight is 345 g/mol. The predicted molar refractivity (Wildman–Crippen MR) is 80.6 cm³/mol. The third-order valence-corrected chi connectivity index (χ3v) is 5.01. The van der Waals surface area contributed by atoms with E-state index < -0.39 is 5.41 Å². The summed E-state index contributed by atoms with van der Waals surface area (Å²) in [4.78, 5) is 14.6. The molecular formula is C15H13BrN4O. The number of carbonyl (C=O) groups is 1. The number of fused-ring (bicyclic) bond motifs is 1. The molecule has 1 aliphatic heterocycles. The van der Waals surface area contributed by atoms with Gasteiger partial charge in [0.2, 0.25) is 5.91 Å². The molecule has 1 saturated carbocycles. The SMILES string of the molecule is N#C[C@]1(C2CC2)CCN(c2ccnn3cc(Br)cc23)C1=O. The van der Waals surface area contributed by atoms with Crippen molar-refractivity contribution in [2.45, 2.75) is 19.3 Å². The van der Waals surface area contributed by atoms with E-state index in [1.54, 1.807) is 15.6 Å². The van der Waals surface area contributed by atoms with E-state index in [0.717, 1.165) is 28.5 Å². The summed E-state index contributed by atoms with van der Waals surface area (Å²) in [6, 6.07) is 6.11. The van der Waals surface area contributed by atoms with Crippen molar-refractivity contribution in [1.29, 1.82) is 5.26 Å². The number of hydrogen-bond acceptors (Lipinski definition) is 3. The van der Waals surface area contributed by atoms with Crippen LogP contribution in [0.4, 0.5) is 5.69 Å². The van der Waals surface area contributed by atoms with E-state index >= 15 is 0 Å². The Morgan fingerprint density at radius 2 is 2.29 bits per heavy atom. The molecule has 0 bridgehead atoms. The van der Waals surface area contributed by atoms with Gasteiger partial charge < -0.3 is 4.90 Å². The van der Waals surface area contributed by atoms with Crippen LogP contribution in [0.25, 0.3) is 5.52 Å². The molecule has 1 atom stereocenters. The van der Waals surface area contributed by atoms with E-state index in [1.165, 1.54) is 0 Å². The van der Waals surface area contributed by atoms with Crippen molar-refractivity contribution in [3.05, 3.63) is 29.0 Å². The van der Waals surface area contributed by atoms with Gasteiger partial charge in [-0.2, -0.15) is 10.4 Å². The molecule has 2 aliphatic rings. The Morgan fingerprint density at radius 1 is 1.48 bits per heavy atom. The van der Waals surface area contributed by atoms with Crippen molar-refractivity contribution in [3.63, 3.8) is 0 Å². The average Bonchev–Trinajstić information content (AvgIpc) is 3.17. The van der Waals surface area contributed by atoms with Crippen LogP contribution >= 0.6 is 15.9 Å². The minimum atomic E-state index is -0.802. The summed E-state index contributed by atoms with van der Waals surface area (Å²) in [6.07, 6.45) is 6.16. The largest absolute Gasteiger partial charge is 0.309 e. The van der Waals surface area contributed by atoms with Crippen LogP contribution in [0.1, 0.15) is 19.3 Å². The topological polar surface area (TPSA) is 61.4 Å². The van der Waals surface area contributed by atoms with E-state index in [9.17, 15) is 10.1 Å². The summed E-state index contributed by atoms with van der Waals surface area (Å²) in [5, 5.41) is 13.8. The van der Waals surface area contributed by atoms with Crippen molar-refractivity contribution in [2.24, 2.45) is 11.3 Å². The van der Waals surface area contributed by atoms with Crippen LogP contribution in [0.15, 0.2) is 29.0 Å². The molecule has 0 spiro atoms. The molecule has 4 rings (SSSR count). The minimum absolute atomic E-state index is 0.0436. The highest BCUT2D eigenvalue weighted by atomic mass is 79.9. The van der Waals surface area contributed by atoms with Gasteiger partial charge in [-0.1, -0.05) is 0 Å². The van der Waals surface area contributed by atoms with Gasteiger partial charge in [-0.15, -0.1) is 0 Å². The van der Waals surface area contributed by atoms with Gasteiger partial charge in [0.15, 0.2) is 0 Å². The number of hydrogen-bond donors (Lipinski definition) is 0. The van der Waals surface area contributed by atoms with Gasteiger partial charge in [0.25, 0.3) is 0 Å². The Bertz CT molecular complexity index is 789. The highest BCUT2D eigenvalue weighted by Gasteiger charge is 2.56. The third kappa shape index (κ3) is 1.74. The highest BCUT2D eigenvalue weighted by Crippen LogP contribution is 2.52. The second-order valence-corrected chi connectivity index (χ2v) is 6.68. The van der Waals surface area contributed by atoms with Gasteiger partial charge in [0.1, 0.15) is 5.41 Å². The van der Waals surface area contributed by atoms with Gasteiger partial charge in [-0.05, 0) is 53.2 Å². The fourth-order valence-corrected chi connectivity index (χ4v) is 3.72. The Hall–Kier alpha value is -1.87. The van der Waals surface area contributed by atoms with Crippen molar-refractivity contribution >= 4 is 33.0 Å². The van der Waals surface area contributed by atoms with E-state index in [0.29, 0.717) is 13.0 Å². The molecular weight excluding hydrogens is 332 g/mol. The first kappa shape index (κ1) is 12.8. The second-order valence-electron chi connectivity index (χ2n) is 5.77. The number of amides is 1. The van der Waals surface area contributed by atoms with Crippen LogP contribution in [-0.4, -0.2) is 22.1 Å². The summed E-state index contributed by atoms with van der Waals surface area (Å²) >= 11 is 3.44. The molecule has 2 aromatic rings. The molecule has 0 N–H and O–H groups in total. The van der Waals surface area contributed by atoms with E-state index in [2.05, 4.69) is 27.1 Å². The molecule has 106 valence electrons. The molecule has 0 unspecified atom stereocenters. The van der Waals surface area contributed by atoms with Crippen LogP contribution in [0.3, 0.4) is 0 Å². The van der Waals surface area contributed by atoms with Crippen molar-refractivity contribution in [3.8, 4) is 6.07 Å². The molecule has 0 aromatic carbocycles. The molecule has 6 heteroatoms. The van der Waals surface area contributed by atoms with Gasteiger partial charge in [0, 0.05) is 23.4 Å². The zero-order valence-electron chi connectivity index (χ0n) is 11.3. The zero-order chi connectivity index (χ0) is 14.6. The van der Waals surface area contributed by atoms with Gasteiger partial charge >= 0.3 is 0 Å². The Balaban J connectivity index is 1.80. The first-order valence-electron chi connectivity index (χ1n) is 7.02. The first-order valence-corrected chi connectivity index (χ1v) is 7.81. The molecule has 1 saturated heterocycles. The van der Waals surface area contributed by atoms with E-state index in [-0.39, 0.29) is 11.8 Å². The number of anilines is 1. The lowest BCUT2D eigenvalue weighted by atomic mass is 9.83. The fraction of sp³-hybridized carbons (Fsp3) is 0.400. The van der Waals surface area contributed by atoms with Crippen LogP contribution in [0, 0.1) is 22.7 Å². The van der Waals surface area contributed by atoms with Crippen molar-refractivity contribution in [2.75, 3.05) is 11.4 Å². The van der Waals surface area contributed by atoms with Crippen LogP contribution in [-0.2, 0) is 4.79 Å². The quantitative estimate of drug-likeness (QED) is 0.841. The maximum Gasteiger partial charge on any atom is 0.247 e. The normalized spacial score (nSPS) is 25.5. The standard InChI is InChI=1S/C15H13BrN4O/c16-11-7-13-12(3-5-18-20(13)8-11)19-6-4-15(9-17,14(19)21)10-1-2-10/h3,5,7-8,10H,1-2,4,6H2/t15-/m0/s1. The van der Waals surface area contributed by atoms with E-state index in [4.69, 9.17) is 0 Å². The summed E-state index contributed by atoms with van der Waals surface area (Å²) < 4.78 is 2.67. The Labute approximate surface area is 130 Å². The van der Waals surface area contributed by atoms with E-state index in [1.807, 2.05) is 18.3 Å². The lowest BCUT2D eigenvalue weighted by Gasteiger charge is -2.21. The number of aromatic nitrogens is 2. The lowest BCUT2D eigenvalue weighted by molar-refractivity contribution is -0.123. The molecule has 21 heavy (non-hydrogen) atoms. The summed E-state index contributed by atoms with van der Waals surface area (Å²) in [6.45, 7) is 0.603. The third-order valence-electron chi connectivity index (χ3n) is 4.57. The summed E-state index contributed by atoms with van der Waals surface area (Å²) in [5.74, 6) is 0.203. The number of rotatable bonds is 2. The molecule has 1 amide bonds. The van der Waals surface area contributed by atoms with Crippen LogP contribution in [0.5, 0.6) is 0 Å². The Morgan fingerprint density at radius 3 is 3.00 bits per heavy atom. The van der Waals surface area contributed by atoms with Gasteiger partial charge in [0.05, 0.1) is 17.3 Å². The summed E-state index contributed by atoms with van der Waals surface area (Å²) in [5.41, 5.74) is 0.908. The van der Waals surface area contributed by atoms with Gasteiger partial charge in [-0.3, -0.25) is 4.79 Å². The smallest absolute Gasteiger partial charge is 0.247 e. The molecule has 3 heterocycles. The predicted octanol–water partition coefficient (Wildman–Crippen LogP) is 2.75. The van der Waals surface area contributed by atoms with Gasteiger partial charge in [-0.25, -0.2) is 4.52 Å². The highest BCUT2D eigenvalue weighted by molar-refractivity contribution is 9.10. The molecule has 2 aromatic heterocycles. The second kappa shape index (κ2) is 4.31. The molecule has 0 radical (unpaired) electrons. The number of nitriles is 1. The monoisotopic (exact) mass is 344 g/mol. The fourth-order valence-electron chi connectivity index (χ4n) is 3.31. The maximum absolute atomic E-state index is 12.9.